The lowest BCUT2D eigenvalue weighted by atomic mass is 9.76. The van der Waals surface area contributed by atoms with Crippen LogP contribution in [0.3, 0.4) is 0 Å². The van der Waals surface area contributed by atoms with Crippen molar-refractivity contribution >= 4 is 5.97 Å². The summed E-state index contributed by atoms with van der Waals surface area (Å²) in [5, 5.41) is 0. The highest BCUT2D eigenvalue weighted by atomic mass is 16.5. The highest BCUT2D eigenvalue weighted by Gasteiger charge is 2.23. The summed E-state index contributed by atoms with van der Waals surface area (Å²) in [4.78, 5) is 12.2. The number of unbranched alkanes of at least 4 members (excludes halogenated alkanes) is 6. The van der Waals surface area contributed by atoms with Crippen LogP contribution in [0.15, 0.2) is 36.4 Å². The van der Waals surface area contributed by atoms with Crippen molar-refractivity contribution in [3.05, 3.63) is 64.2 Å². The van der Waals surface area contributed by atoms with Gasteiger partial charge in [0.15, 0.2) is 0 Å². The number of esters is 1. The first-order chi connectivity index (χ1) is 18.0. The molecule has 0 amide bonds. The summed E-state index contributed by atoms with van der Waals surface area (Å²) < 4.78 is 5.65. The molecule has 0 spiro atoms. The highest BCUT2D eigenvalue weighted by molar-refractivity contribution is 5.72. The summed E-state index contributed by atoms with van der Waals surface area (Å²) in [5.74, 6) is 2.33. The molecule has 2 heteroatoms. The zero-order chi connectivity index (χ0) is 26.5. The Kier molecular flexibility index (Phi) is 12.7. The third-order valence-corrected chi connectivity index (χ3v) is 8.49. The van der Waals surface area contributed by atoms with Gasteiger partial charge >= 0.3 is 5.97 Å². The average Bonchev–Trinajstić information content (AvgIpc) is 2.89. The summed E-state index contributed by atoms with van der Waals surface area (Å²) in [5.41, 5.74) is 6.84. The van der Waals surface area contributed by atoms with Crippen LogP contribution < -0.4 is 4.74 Å². The van der Waals surface area contributed by atoms with Crippen molar-refractivity contribution in [1.29, 1.82) is 0 Å². The van der Waals surface area contributed by atoms with Crippen molar-refractivity contribution in [2.45, 2.75) is 136 Å². The predicted octanol–water partition coefficient (Wildman–Crippen LogP) is 10.2. The predicted molar refractivity (Wildman–Crippen MR) is 158 cm³/mol. The fourth-order valence-corrected chi connectivity index (χ4v) is 6.11. The van der Waals surface area contributed by atoms with E-state index in [-0.39, 0.29) is 5.97 Å². The molecular formula is C35H52O2. The summed E-state index contributed by atoms with van der Waals surface area (Å²) in [6.07, 6.45) is 19.5. The Morgan fingerprint density at radius 3 is 2.03 bits per heavy atom. The maximum atomic E-state index is 12.2. The molecule has 0 saturated heterocycles. The van der Waals surface area contributed by atoms with Crippen LogP contribution in [0.25, 0.3) is 0 Å². The van der Waals surface area contributed by atoms with Gasteiger partial charge in [-0.3, -0.25) is 4.79 Å². The molecule has 0 aliphatic heterocycles. The summed E-state index contributed by atoms with van der Waals surface area (Å²) in [6.45, 7) is 8.86. The Balaban J connectivity index is 1.45. The second-order valence-corrected chi connectivity index (χ2v) is 11.6. The molecule has 0 atom stereocenters. The van der Waals surface area contributed by atoms with E-state index in [9.17, 15) is 4.79 Å². The topological polar surface area (TPSA) is 26.3 Å². The molecule has 0 unspecified atom stereocenters. The monoisotopic (exact) mass is 504 g/mol. The van der Waals surface area contributed by atoms with Crippen LogP contribution in [-0.4, -0.2) is 5.97 Å². The van der Waals surface area contributed by atoms with Gasteiger partial charge in [0.2, 0.25) is 0 Å². The molecular weight excluding hydrogens is 452 g/mol. The number of ether oxygens (including phenoxy) is 1. The SMILES string of the molecule is CCCCCCCC(=O)Oc1ccc(CCc2ccc(C3CCC(CCCCC)CC3)c(C)c2)cc1C. The van der Waals surface area contributed by atoms with Gasteiger partial charge in [0.05, 0.1) is 0 Å². The number of rotatable bonds is 15. The Labute approximate surface area is 227 Å². The molecule has 0 N–H and O–H groups in total. The van der Waals surface area contributed by atoms with Crippen molar-refractivity contribution < 1.29 is 9.53 Å². The molecule has 2 aromatic carbocycles. The van der Waals surface area contributed by atoms with E-state index in [0.29, 0.717) is 12.2 Å². The van der Waals surface area contributed by atoms with Gasteiger partial charge in [0.25, 0.3) is 0 Å². The lowest BCUT2D eigenvalue weighted by Gasteiger charge is -2.30. The quantitative estimate of drug-likeness (QED) is 0.137. The number of hydrogen-bond donors (Lipinski definition) is 0. The van der Waals surface area contributed by atoms with Gasteiger partial charge in [-0.1, -0.05) is 95.5 Å². The summed E-state index contributed by atoms with van der Waals surface area (Å²) >= 11 is 0. The molecule has 3 rings (SSSR count). The van der Waals surface area contributed by atoms with Crippen LogP contribution in [0.1, 0.15) is 137 Å². The number of aryl methyl sites for hydroxylation is 4. The van der Waals surface area contributed by atoms with Crippen LogP contribution in [0.4, 0.5) is 0 Å². The zero-order valence-electron chi connectivity index (χ0n) is 24.2. The summed E-state index contributed by atoms with van der Waals surface area (Å²) in [7, 11) is 0. The third-order valence-electron chi connectivity index (χ3n) is 8.49. The molecule has 1 fully saturated rings. The Morgan fingerprint density at radius 1 is 0.757 bits per heavy atom. The Morgan fingerprint density at radius 2 is 1.38 bits per heavy atom. The van der Waals surface area contributed by atoms with Crippen molar-refractivity contribution in [3.63, 3.8) is 0 Å². The van der Waals surface area contributed by atoms with Gasteiger partial charge in [0.1, 0.15) is 5.75 Å². The maximum Gasteiger partial charge on any atom is 0.311 e. The van der Waals surface area contributed by atoms with Crippen LogP contribution >= 0.6 is 0 Å². The number of benzene rings is 2. The van der Waals surface area contributed by atoms with E-state index in [1.54, 1.807) is 5.56 Å². The van der Waals surface area contributed by atoms with E-state index in [0.717, 1.165) is 43.1 Å². The van der Waals surface area contributed by atoms with Crippen molar-refractivity contribution in [2.75, 3.05) is 0 Å². The molecule has 0 radical (unpaired) electrons. The molecule has 0 bridgehead atoms. The van der Waals surface area contributed by atoms with E-state index < -0.39 is 0 Å². The second kappa shape index (κ2) is 16.0. The first-order valence-electron chi connectivity index (χ1n) is 15.4. The van der Waals surface area contributed by atoms with E-state index in [1.807, 2.05) is 13.0 Å². The van der Waals surface area contributed by atoms with Crippen LogP contribution in [0, 0.1) is 19.8 Å². The first-order valence-corrected chi connectivity index (χ1v) is 15.4. The van der Waals surface area contributed by atoms with Crippen molar-refractivity contribution in [1.82, 2.24) is 0 Å². The molecule has 37 heavy (non-hydrogen) atoms. The van der Waals surface area contributed by atoms with E-state index in [1.165, 1.54) is 87.3 Å². The maximum absolute atomic E-state index is 12.2. The van der Waals surface area contributed by atoms with E-state index in [4.69, 9.17) is 4.74 Å². The van der Waals surface area contributed by atoms with Gasteiger partial charge in [-0.15, -0.1) is 0 Å². The van der Waals surface area contributed by atoms with Gasteiger partial charge in [-0.25, -0.2) is 0 Å². The molecule has 1 aliphatic rings. The molecule has 204 valence electrons. The minimum atomic E-state index is -0.104. The van der Waals surface area contributed by atoms with Gasteiger partial charge in [-0.2, -0.15) is 0 Å². The molecule has 1 saturated carbocycles. The van der Waals surface area contributed by atoms with Crippen LogP contribution in [-0.2, 0) is 17.6 Å². The fraction of sp³-hybridized carbons (Fsp3) is 0.629. The second-order valence-electron chi connectivity index (χ2n) is 11.6. The largest absolute Gasteiger partial charge is 0.426 e. The highest BCUT2D eigenvalue weighted by Crippen LogP contribution is 2.39. The van der Waals surface area contributed by atoms with E-state index >= 15 is 0 Å². The molecule has 2 aromatic rings. The molecule has 0 aromatic heterocycles. The van der Waals surface area contributed by atoms with Gasteiger partial charge in [-0.05, 0) is 105 Å². The Bertz CT molecular complexity index is 952. The normalized spacial score (nSPS) is 17.6. The number of carbonyl (C=O) groups is 1. The van der Waals surface area contributed by atoms with Crippen molar-refractivity contribution in [3.8, 4) is 5.75 Å². The molecule has 0 heterocycles. The average molecular weight is 505 g/mol. The number of hydrogen-bond acceptors (Lipinski definition) is 2. The third kappa shape index (κ3) is 9.95. The lowest BCUT2D eigenvalue weighted by molar-refractivity contribution is -0.134. The number of carbonyl (C=O) groups excluding carboxylic acids is 1. The van der Waals surface area contributed by atoms with Crippen LogP contribution in [0.2, 0.25) is 0 Å². The minimum absolute atomic E-state index is 0.104. The first kappa shape index (κ1) is 29.5. The van der Waals surface area contributed by atoms with Gasteiger partial charge in [0, 0.05) is 6.42 Å². The summed E-state index contributed by atoms with van der Waals surface area (Å²) in [6, 6.07) is 13.5. The zero-order valence-corrected chi connectivity index (χ0v) is 24.2. The fourth-order valence-electron chi connectivity index (χ4n) is 6.11. The Hall–Kier alpha value is -2.09. The molecule has 2 nitrogen and oxygen atoms in total. The molecule has 1 aliphatic carbocycles. The smallest absolute Gasteiger partial charge is 0.311 e. The minimum Gasteiger partial charge on any atom is -0.426 e. The van der Waals surface area contributed by atoms with Crippen LogP contribution in [0.5, 0.6) is 5.75 Å². The lowest BCUT2D eigenvalue weighted by Crippen LogP contribution is -2.14. The van der Waals surface area contributed by atoms with Gasteiger partial charge < -0.3 is 4.74 Å². The standard InChI is InChI=1S/C35H52O2/c1-5-7-9-10-12-14-35(36)37-34-24-20-31(26-28(34)4)16-15-30-19-23-33(27(3)25-30)32-21-17-29(18-22-32)13-11-8-6-2/h19-20,23-26,29,32H,5-18,21-22H2,1-4H3. The van der Waals surface area contributed by atoms with Crippen molar-refractivity contribution in [2.24, 2.45) is 5.92 Å². The van der Waals surface area contributed by atoms with E-state index in [2.05, 4.69) is 51.1 Å².